The highest BCUT2D eigenvalue weighted by Crippen LogP contribution is 2.00. The number of nitrogens with one attached hydrogen (secondary N) is 1. The molecule has 0 saturated heterocycles. The summed E-state index contributed by atoms with van der Waals surface area (Å²) in [5, 5.41) is 3.22. The van der Waals surface area contributed by atoms with Gasteiger partial charge in [-0.05, 0) is 25.8 Å². The minimum absolute atomic E-state index is 0.715. The van der Waals surface area contributed by atoms with Gasteiger partial charge in [0.25, 0.3) is 0 Å². The average molecular weight is 231 g/mol. The summed E-state index contributed by atoms with van der Waals surface area (Å²) >= 11 is 0. The number of hydrogen-bond acceptors (Lipinski definition) is 4. The lowest BCUT2D eigenvalue weighted by atomic mass is 10.3. The van der Waals surface area contributed by atoms with Crippen molar-refractivity contribution >= 4 is 5.95 Å². The maximum Gasteiger partial charge on any atom is 0.222 e. The summed E-state index contributed by atoms with van der Waals surface area (Å²) in [4.78, 5) is 12.4. The van der Waals surface area contributed by atoms with E-state index in [0.717, 1.165) is 31.6 Å². The summed E-state index contributed by atoms with van der Waals surface area (Å²) in [6, 6.07) is 1.89. The van der Waals surface area contributed by atoms with E-state index in [4.69, 9.17) is 0 Å². The van der Waals surface area contributed by atoms with E-state index in [1.165, 1.54) is 0 Å². The number of rotatable bonds is 6. The zero-order valence-electron chi connectivity index (χ0n) is 10.0. The Labute approximate surface area is 101 Å². The van der Waals surface area contributed by atoms with E-state index >= 15 is 0 Å². The highest BCUT2D eigenvalue weighted by Gasteiger charge is 1.95. The number of nitrogens with zero attached hydrogens (tertiary/aromatic N) is 4. The van der Waals surface area contributed by atoms with Crippen LogP contribution in [0.4, 0.5) is 5.95 Å². The molecule has 17 heavy (non-hydrogen) atoms. The van der Waals surface area contributed by atoms with Gasteiger partial charge < -0.3 is 9.88 Å². The summed E-state index contributed by atoms with van der Waals surface area (Å²) in [6.45, 7) is 3.88. The Morgan fingerprint density at radius 2 is 2.24 bits per heavy atom. The molecule has 2 heterocycles. The van der Waals surface area contributed by atoms with Crippen LogP contribution in [0.2, 0.25) is 0 Å². The second-order valence-electron chi connectivity index (χ2n) is 3.96. The Morgan fingerprint density at radius 1 is 1.29 bits per heavy atom. The molecule has 0 aliphatic carbocycles. The molecular weight excluding hydrogens is 214 g/mol. The van der Waals surface area contributed by atoms with Crippen LogP contribution in [0.15, 0.2) is 31.0 Å². The van der Waals surface area contributed by atoms with Crippen LogP contribution in [-0.2, 0) is 6.54 Å². The lowest BCUT2D eigenvalue weighted by Crippen LogP contribution is -2.06. The Morgan fingerprint density at radius 3 is 3.00 bits per heavy atom. The predicted octanol–water partition coefficient (Wildman–Crippen LogP) is 1.87. The first kappa shape index (κ1) is 11.6. The van der Waals surface area contributed by atoms with Crippen LogP contribution in [0.3, 0.4) is 0 Å². The van der Waals surface area contributed by atoms with Gasteiger partial charge in [0, 0.05) is 37.4 Å². The molecule has 1 N–H and O–H groups in total. The second-order valence-corrected chi connectivity index (χ2v) is 3.96. The summed E-state index contributed by atoms with van der Waals surface area (Å²) in [5.74, 6) is 0.715. The molecule has 0 unspecified atom stereocenters. The van der Waals surface area contributed by atoms with Crippen molar-refractivity contribution in [2.45, 2.75) is 26.3 Å². The zero-order valence-corrected chi connectivity index (χ0v) is 10.0. The first-order valence-corrected chi connectivity index (χ1v) is 5.84. The second kappa shape index (κ2) is 5.98. The maximum absolute atomic E-state index is 4.28. The standard InChI is InChI=1S/C12H17N5/c1-11-4-6-15-12(16-11)14-5-2-3-8-17-9-7-13-10-17/h4,6-7,9-10H,2-3,5,8H2,1H3,(H,14,15,16). The van der Waals surface area contributed by atoms with E-state index in [0.29, 0.717) is 5.95 Å². The fraction of sp³-hybridized carbons (Fsp3) is 0.417. The Kier molecular flexibility index (Phi) is 4.07. The summed E-state index contributed by atoms with van der Waals surface area (Å²) in [6.07, 6.45) is 9.62. The SMILES string of the molecule is Cc1ccnc(NCCCCn2ccnc2)n1. The van der Waals surface area contributed by atoms with E-state index in [2.05, 4.69) is 24.8 Å². The van der Waals surface area contributed by atoms with E-state index < -0.39 is 0 Å². The summed E-state index contributed by atoms with van der Waals surface area (Å²) in [7, 11) is 0. The number of aromatic nitrogens is 4. The van der Waals surface area contributed by atoms with Crippen molar-refractivity contribution in [2.75, 3.05) is 11.9 Å². The Balaban J connectivity index is 1.63. The van der Waals surface area contributed by atoms with Crippen molar-refractivity contribution in [3.8, 4) is 0 Å². The number of aryl methyl sites for hydroxylation is 2. The van der Waals surface area contributed by atoms with Crippen molar-refractivity contribution in [1.29, 1.82) is 0 Å². The number of anilines is 1. The van der Waals surface area contributed by atoms with Gasteiger partial charge in [-0.3, -0.25) is 0 Å². The molecule has 0 aliphatic heterocycles. The molecule has 0 fully saturated rings. The van der Waals surface area contributed by atoms with Crippen LogP contribution >= 0.6 is 0 Å². The number of unbranched alkanes of at least 4 members (excludes halogenated alkanes) is 1. The third-order valence-corrected chi connectivity index (χ3v) is 2.48. The Hall–Kier alpha value is -1.91. The van der Waals surface area contributed by atoms with Gasteiger partial charge >= 0.3 is 0 Å². The minimum Gasteiger partial charge on any atom is -0.354 e. The third-order valence-electron chi connectivity index (χ3n) is 2.48. The largest absolute Gasteiger partial charge is 0.354 e. The fourth-order valence-electron chi connectivity index (χ4n) is 1.57. The predicted molar refractivity (Wildman–Crippen MR) is 66.7 cm³/mol. The topological polar surface area (TPSA) is 55.6 Å². The fourth-order valence-corrected chi connectivity index (χ4v) is 1.57. The smallest absolute Gasteiger partial charge is 0.222 e. The molecule has 2 rings (SSSR count). The van der Waals surface area contributed by atoms with E-state index in [9.17, 15) is 0 Å². The van der Waals surface area contributed by atoms with Crippen molar-refractivity contribution in [2.24, 2.45) is 0 Å². The Bertz CT molecular complexity index is 438. The van der Waals surface area contributed by atoms with E-state index in [1.807, 2.05) is 25.5 Å². The van der Waals surface area contributed by atoms with Gasteiger partial charge in [0.1, 0.15) is 0 Å². The lowest BCUT2D eigenvalue weighted by Gasteiger charge is -2.05. The van der Waals surface area contributed by atoms with Gasteiger partial charge in [0.2, 0.25) is 5.95 Å². The van der Waals surface area contributed by atoms with Gasteiger partial charge in [-0.25, -0.2) is 15.0 Å². The molecule has 90 valence electrons. The van der Waals surface area contributed by atoms with Gasteiger partial charge in [-0.1, -0.05) is 0 Å². The summed E-state index contributed by atoms with van der Waals surface area (Å²) < 4.78 is 2.09. The quantitative estimate of drug-likeness (QED) is 0.771. The normalized spacial score (nSPS) is 10.4. The zero-order chi connectivity index (χ0) is 11.9. The van der Waals surface area contributed by atoms with Crippen molar-refractivity contribution in [1.82, 2.24) is 19.5 Å². The molecule has 0 saturated carbocycles. The third kappa shape index (κ3) is 3.86. The van der Waals surface area contributed by atoms with Gasteiger partial charge in [0.15, 0.2) is 0 Å². The van der Waals surface area contributed by atoms with E-state index in [-0.39, 0.29) is 0 Å². The van der Waals surface area contributed by atoms with Crippen molar-refractivity contribution < 1.29 is 0 Å². The highest BCUT2D eigenvalue weighted by molar-refractivity contribution is 5.24. The van der Waals surface area contributed by atoms with Crippen molar-refractivity contribution in [3.63, 3.8) is 0 Å². The maximum atomic E-state index is 4.28. The van der Waals surface area contributed by atoms with Crippen molar-refractivity contribution in [3.05, 3.63) is 36.7 Å². The molecule has 0 bridgehead atoms. The van der Waals surface area contributed by atoms with Crippen LogP contribution < -0.4 is 5.32 Å². The molecule has 0 aliphatic rings. The molecule has 0 atom stereocenters. The molecule has 2 aromatic heterocycles. The number of imidazole rings is 1. The molecule has 5 heteroatoms. The minimum atomic E-state index is 0.715. The summed E-state index contributed by atoms with van der Waals surface area (Å²) in [5.41, 5.74) is 0.987. The molecule has 2 aromatic rings. The van der Waals surface area contributed by atoms with Gasteiger partial charge in [-0.2, -0.15) is 0 Å². The molecule has 0 amide bonds. The van der Waals surface area contributed by atoms with Crippen LogP contribution in [0.5, 0.6) is 0 Å². The monoisotopic (exact) mass is 231 g/mol. The lowest BCUT2D eigenvalue weighted by molar-refractivity contribution is 0.620. The molecular formula is C12H17N5. The van der Waals surface area contributed by atoms with Crippen LogP contribution in [0, 0.1) is 6.92 Å². The molecule has 0 spiro atoms. The van der Waals surface area contributed by atoms with Crippen LogP contribution in [-0.4, -0.2) is 26.1 Å². The number of hydrogen-bond donors (Lipinski definition) is 1. The van der Waals surface area contributed by atoms with Crippen LogP contribution in [0.1, 0.15) is 18.5 Å². The first-order valence-electron chi connectivity index (χ1n) is 5.84. The molecule has 0 aromatic carbocycles. The average Bonchev–Trinajstić information content (AvgIpc) is 2.82. The van der Waals surface area contributed by atoms with Gasteiger partial charge in [0.05, 0.1) is 6.33 Å². The molecule has 0 radical (unpaired) electrons. The van der Waals surface area contributed by atoms with E-state index in [1.54, 1.807) is 12.4 Å². The first-order chi connectivity index (χ1) is 8.34. The van der Waals surface area contributed by atoms with Gasteiger partial charge in [-0.15, -0.1) is 0 Å². The highest BCUT2D eigenvalue weighted by atomic mass is 15.1. The van der Waals surface area contributed by atoms with Crippen LogP contribution in [0.25, 0.3) is 0 Å². The molecule has 5 nitrogen and oxygen atoms in total.